The van der Waals surface area contributed by atoms with Crippen molar-refractivity contribution in [3.63, 3.8) is 0 Å². The molecule has 0 radical (unpaired) electrons. The maximum Gasteiger partial charge on any atom is 0.369 e. The van der Waals surface area contributed by atoms with Crippen LogP contribution in [0.5, 0.6) is 0 Å². The number of hydrogen-bond donors (Lipinski definition) is 0. The van der Waals surface area contributed by atoms with Crippen LogP contribution >= 0.6 is 23.1 Å². The van der Waals surface area contributed by atoms with Gasteiger partial charge in [-0.05, 0) is 13.2 Å². The van der Waals surface area contributed by atoms with E-state index in [1.165, 1.54) is 23.1 Å². The van der Waals surface area contributed by atoms with E-state index < -0.39 is 5.97 Å². The molecule has 0 spiro atoms. The van der Waals surface area contributed by atoms with Crippen LogP contribution in [-0.4, -0.2) is 29.0 Å². The molecule has 0 saturated heterocycles. The summed E-state index contributed by atoms with van der Waals surface area (Å²) < 4.78 is 5.52. The van der Waals surface area contributed by atoms with Gasteiger partial charge < -0.3 is 4.74 Å². The van der Waals surface area contributed by atoms with Crippen LogP contribution in [0.4, 0.5) is 0 Å². The lowest BCUT2D eigenvalue weighted by Gasteiger charge is -1.93. The van der Waals surface area contributed by atoms with E-state index in [-0.39, 0.29) is 0 Å². The summed E-state index contributed by atoms with van der Waals surface area (Å²) in [5.74, 6) is -0.393. The number of nitrogens with zero attached hydrogens (tertiary/aromatic N) is 2. The smallest absolute Gasteiger partial charge is 0.369 e. The SMILES string of the molecule is CCOC(=O)c1nnc(SC)s1. The molecule has 1 rings (SSSR count). The number of rotatable bonds is 3. The summed E-state index contributed by atoms with van der Waals surface area (Å²) in [5, 5.41) is 7.77. The fourth-order valence-electron chi connectivity index (χ4n) is 0.568. The van der Waals surface area contributed by atoms with E-state index in [1.54, 1.807) is 6.92 Å². The van der Waals surface area contributed by atoms with Crippen molar-refractivity contribution in [3.05, 3.63) is 5.01 Å². The lowest BCUT2D eigenvalue weighted by molar-refractivity contribution is 0.0525. The Hall–Kier alpha value is -0.620. The van der Waals surface area contributed by atoms with Crippen LogP contribution in [0.25, 0.3) is 0 Å². The van der Waals surface area contributed by atoms with Gasteiger partial charge in [0.25, 0.3) is 0 Å². The van der Waals surface area contributed by atoms with Gasteiger partial charge in [-0.15, -0.1) is 10.2 Å². The van der Waals surface area contributed by atoms with Crippen molar-refractivity contribution < 1.29 is 9.53 Å². The highest BCUT2D eigenvalue weighted by Crippen LogP contribution is 2.19. The highest BCUT2D eigenvalue weighted by atomic mass is 32.2. The van der Waals surface area contributed by atoms with Gasteiger partial charge >= 0.3 is 5.97 Å². The second-order valence-corrected chi connectivity index (χ2v) is 3.83. The fraction of sp³-hybridized carbons (Fsp3) is 0.500. The average molecular weight is 204 g/mol. The van der Waals surface area contributed by atoms with Crippen molar-refractivity contribution in [2.75, 3.05) is 12.9 Å². The van der Waals surface area contributed by atoms with Gasteiger partial charge in [0, 0.05) is 0 Å². The molecular weight excluding hydrogens is 196 g/mol. The van der Waals surface area contributed by atoms with Crippen molar-refractivity contribution >= 4 is 29.1 Å². The maximum absolute atomic E-state index is 11.1. The monoisotopic (exact) mass is 204 g/mol. The van der Waals surface area contributed by atoms with Gasteiger partial charge in [-0.2, -0.15) is 0 Å². The van der Waals surface area contributed by atoms with Gasteiger partial charge in [-0.25, -0.2) is 4.79 Å². The van der Waals surface area contributed by atoms with Crippen LogP contribution in [0.2, 0.25) is 0 Å². The molecule has 6 heteroatoms. The Morgan fingerprint density at radius 3 is 2.92 bits per heavy atom. The quantitative estimate of drug-likeness (QED) is 0.551. The molecule has 1 heterocycles. The van der Waals surface area contributed by atoms with E-state index >= 15 is 0 Å². The molecule has 0 atom stereocenters. The standard InChI is InChI=1S/C6H8N2O2S2/c1-3-10-5(9)4-7-8-6(11-2)12-4/h3H2,1-2H3. The third kappa shape index (κ3) is 2.18. The van der Waals surface area contributed by atoms with Crippen LogP contribution < -0.4 is 0 Å². The summed E-state index contributed by atoms with van der Waals surface area (Å²) in [6.45, 7) is 2.13. The summed E-state index contributed by atoms with van der Waals surface area (Å²) in [6, 6.07) is 0. The van der Waals surface area contributed by atoms with E-state index in [2.05, 4.69) is 10.2 Å². The van der Waals surface area contributed by atoms with Crippen LogP contribution in [0.1, 0.15) is 16.7 Å². The summed E-state index contributed by atoms with van der Waals surface area (Å²) >= 11 is 2.71. The Morgan fingerprint density at radius 2 is 2.42 bits per heavy atom. The van der Waals surface area contributed by atoms with E-state index in [4.69, 9.17) is 4.74 Å². The van der Waals surface area contributed by atoms with E-state index in [0.717, 1.165) is 4.34 Å². The third-order valence-corrected chi connectivity index (χ3v) is 2.91. The Morgan fingerprint density at radius 1 is 1.67 bits per heavy atom. The molecule has 0 N–H and O–H groups in total. The van der Waals surface area contributed by atoms with Gasteiger partial charge in [-0.3, -0.25) is 0 Å². The Bertz CT molecular complexity index is 274. The highest BCUT2D eigenvalue weighted by Gasteiger charge is 2.12. The molecule has 0 aromatic carbocycles. The first kappa shape index (κ1) is 9.47. The molecule has 0 amide bonds. The number of esters is 1. The molecule has 1 aromatic heterocycles. The molecule has 0 bridgehead atoms. The molecule has 66 valence electrons. The third-order valence-electron chi connectivity index (χ3n) is 1.03. The van der Waals surface area contributed by atoms with Gasteiger partial charge in [0.15, 0.2) is 4.34 Å². The zero-order valence-electron chi connectivity index (χ0n) is 6.73. The van der Waals surface area contributed by atoms with E-state index in [1.807, 2.05) is 6.26 Å². The predicted molar refractivity (Wildman–Crippen MR) is 47.6 cm³/mol. The van der Waals surface area contributed by atoms with Gasteiger partial charge in [-0.1, -0.05) is 23.1 Å². The normalized spacial score (nSPS) is 9.83. The van der Waals surface area contributed by atoms with E-state index in [0.29, 0.717) is 11.6 Å². The van der Waals surface area contributed by atoms with Crippen molar-refractivity contribution in [2.45, 2.75) is 11.3 Å². The first-order chi connectivity index (χ1) is 5.77. The lowest BCUT2D eigenvalue weighted by Crippen LogP contribution is -2.03. The summed E-state index contributed by atoms with van der Waals surface area (Å²) in [6.07, 6.45) is 1.88. The molecule has 0 aliphatic carbocycles. The molecule has 1 aromatic rings. The number of hydrogen-bond acceptors (Lipinski definition) is 6. The summed E-state index contributed by atoms with van der Waals surface area (Å²) in [5.41, 5.74) is 0. The average Bonchev–Trinajstić information content (AvgIpc) is 2.52. The van der Waals surface area contributed by atoms with Crippen LogP contribution in [0, 0.1) is 0 Å². The first-order valence-corrected chi connectivity index (χ1v) is 5.36. The number of carbonyl (C=O) groups is 1. The maximum atomic E-state index is 11.1. The number of aromatic nitrogens is 2. The number of ether oxygens (including phenoxy) is 1. The molecule has 0 aliphatic heterocycles. The van der Waals surface area contributed by atoms with Gasteiger partial charge in [0.2, 0.25) is 5.01 Å². The zero-order chi connectivity index (χ0) is 8.97. The second-order valence-electron chi connectivity index (χ2n) is 1.80. The topological polar surface area (TPSA) is 52.1 Å². The van der Waals surface area contributed by atoms with Gasteiger partial charge in [0.1, 0.15) is 0 Å². The predicted octanol–water partition coefficient (Wildman–Crippen LogP) is 1.44. The van der Waals surface area contributed by atoms with Gasteiger partial charge in [0.05, 0.1) is 6.61 Å². The molecule has 0 aliphatic rings. The van der Waals surface area contributed by atoms with E-state index in [9.17, 15) is 4.79 Å². The molecule has 0 saturated carbocycles. The number of carbonyl (C=O) groups excluding carboxylic acids is 1. The lowest BCUT2D eigenvalue weighted by atomic mass is 10.7. The summed E-state index contributed by atoms with van der Waals surface area (Å²) in [7, 11) is 0. The minimum absolute atomic E-state index is 0.321. The van der Waals surface area contributed by atoms with Crippen molar-refractivity contribution in [1.82, 2.24) is 10.2 Å². The Labute approximate surface area is 78.3 Å². The van der Waals surface area contributed by atoms with Crippen LogP contribution in [0.3, 0.4) is 0 Å². The fourth-order valence-corrected chi connectivity index (χ4v) is 1.73. The van der Waals surface area contributed by atoms with Crippen molar-refractivity contribution in [1.29, 1.82) is 0 Å². The Kier molecular flexibility index (Phi) is 3.48. The van der Waals surface area contributed by atoms with Crippen molar-refractivity contribution in [3.8, 4) is 0 Å². The number of thioether (sulfide) groups is 1. The minimum atomic E-state index is -0.393. The molecule has 0 fully saturated rings. The molecule has 0 unspecified atom stereocenters. The Balaban J connectivity index is 2.68. The first-order valence-electron chi connectivity index (χ1n) is 3.32. The van der Waals surface area contributed by atoms with Crippen LogP contribution in [-0.2, 0) is 4.74 Å². The largest absolute Gasteiger partial charge is 0.461 e. The van der Waals surface area contributed by atoms with Crippen molar-refractivity contribution in [2.24, 2.45) is 0 Å². The molecule has 12 heavy (non-hydrogen) atoms. The highest BCUT2D eigenvalue weighted by molar-refractivity contribution is 8.00. The molecular formula is C6H8N2O2S2. The zero-order valence-corrected chi connectivity index (χ0v) is 8.37. The molecule has 4 nitrogen and oxygen atoms in total. The minimum Gasteiger partial charge on any atom is -0.461 e. The van der Waals surface area contributed by atoms with Crippen LogP contribution in [0.15, 0.2) is 4.34 Å². The summed E-state index contributed by atoms with van der Waals surface area (Å²) in [4.78, 5) is 11.1. The second kappa shape index (κ2) is 4.42.